The van der Waals surface area contributed by atoms with Gasteiger partial charge in [0.2, 0.25) is 5.92 Å². The molecule has 4 nitrogen and oxygen atoms in total. The summed E-state index contributed by atoms with van der Waals surface area (Å²) < 4.78 is 52.8. The Kier molecular flexibility index (Phi) is 6.19. The molecule has 0 aliphatic carbocycles. The Bertz CT molecular complexity index is 507. The van der Waals surface area contributed by atoms with Crippen LogP contribution in [0.5, 0.6) is 5.88 Å². The molecule has 0 amide bonds. The van der Waals surface area contributed by atoms with Crippen molar-refractivity contribution in [1.82, 2.24) is 13.6 Å². The van der Waals surface area contributed by atoms with E-state index >= 15 is 0 Å². The number of halogens is 3. The van der Waals surface area contributed by atoms with Crippen molar-refractivity contribution in [1.29, 1.82) is 0 Å². The first-order valence-electron chi connectivity index (χ1n) is 7.36. The van der Waals surface area contributed by atoms with Gasteiger partial charge < -0.3 is 4.74 Å². The van der Waals surface area contributed by atoms with E-state index < -0.39 is 12.7 Å². The molecule has 1 aromatic rings. The standard InChI is InChI=1S/C14H20F3N3OS/c1-2-14(16,17)6-4-8-21-13-12(18-22-19-13)11-5-3-7-20(9-11)10-15/h5H,2-4,6-10H2,1H3. The Labute approximate surface area is 132 Å². The highest BCUT2D eigenvalue weighted by Gasteiger charge is 2.25. The molecule has 0 unspecified atom stereocenters. The Morgan fingerprint density at radius 3 is 2.95 bits per heavy atom. The molecule has 1 aromatic heterocycles. The van der Waals surface area contributed by atoms with E-state index in [9.17, 15) is 13.2 Å². The molecular formula is C14H20F3N3OS. The topological polar surface area (TPSA) is 38.3 Å². The molecule has 0 spiro atoms. The Hall–Kier alpha value is -1.15. The van der Waals surface area contributed by atoms with Crippen LogP contribution in [-0.4, -0.2) is 46.1 Å². The molecule has 0 radical (unpaired) electrons. The first kappa shape index (κ1) is 17.2. The summed E-state index contributed by atoms with van der Waals surface area (Å²) in [5.41, 5.74) is 1.48. The van der Waals surface area contributed by atoms with E-state index in [1.165, 1.54) is 6.92 Å². The molecule has 0 N–H and O–H groups in total. The van der Waals surface area contributed by atoms with E-state index in [-0.39, 0.29) is 25.9 Å². The molecule has 0 atom stereocenters. The second kappa shape index (κ2) is 7.92. The van der Waals surface area contributed by atoms with Gasteiger partial charge in [-0.1, -0.05) is 13.0 Å². The molecule has 0 saturated heterocycles. The van der Waals surface area contributed by atoms with E-state index in [2.05, 4.69) is 8.75 Å². The van der Waals surface area contributed by atoms with Gasteiger partial charge in [0.05, 0.1) is 18.3 Å². The van der Waals surface area contributed by atoms with Crippen molar-refractivity contribution in [3.8, 4) is 5.88 Å². The van der Waals surface area contributed by atoms with Crippen molar-refractivity contribution in [2.24, 2.45) is 0 Å². The van der Waals surface area contributed by atoms with Gasteiger partial charge in [-0.3, -0.25) is 4.90 Å². The Morgan fingerprint density at radius 2 is 2.23 bits per heavy atom. The van der Waals surface area contributed by atoms with Gasteiger partial charge in [0, 0.05) is 25.9 Å². The van der Waals surface area contributed by atoms with Crippen LogP contribution < -0.4 is 4.74 Å². The van der Waals surface area contributed by atoms with Crippen LogP contribution in [0, 0.1) is 0 Å². The fourth-order valence-corrected chi connectivity index (χ4v) is 2.76. The van der Waals surface area contributed by atoms with E-state index in [0.29, 0.717) is 24.7 Å². The van der Waals surface area contributed by atoms with Gasteiger partial charge in [-0.25, -0.2) is 13.2 Å². The van der Waals surface area contributed by atoms with Crippen molar-refractivity contribution in [2.75, 3.05) is 26.5 Å². The van der Waals surface area contributed by atoms with Gasteiger partial charge in [0.25, 0.3) is 5.88 Å². The molecule has 1 aliphatic heterocycles. The van der Waals surface area contributed by atoms with Crippen LogP contribution in [0.4, 0.5) is 13.2 Å². The lowest BCUT2D eigenvalue weighted by Gasteiger charge is -2.23. The molecule has 0 fully saturated rings. The van der Waals surface area contributed by atoms with E-state index in [1.807, 2.05) is 6.08 Å². The molecule has 22 heavy (non-hydrogen) atoms. The van der Waals surface area contributed by atoms with Gasteiger partial charge in [-0.15, -0.1) is 4.37 Å². The lowest BCUT2D eigenvalue weighted by molar-refractivity contribution is -0.0159. The second-order valence-electron chi connectivity index (χ2n) is 5.27. The predicted octanol–water partition coefficient (Wildman–Crippen LogP) is 3.76. The highest BCUT2D eigenvalue weighted by atomic mass is 32.1. The van der Waals surface area contributed by atoms with Crippen molar-refractivity contribution in [3.05, 3.63) is 11.8 Å². The number of nitrogens with zero attached hydrogens (tertiary/aromatic N) is 3. The molecule has 1 aliphatic rings. The lowest BCUT2D eigenvalue weighted by atomic mass is 10.1. The summed E-state index contributed by atoms with van der Waals surface area (Å²) >= 11 is 1.01. The van der Waals surface area contributed by atoms with Gasteiger partial charge in [0.1, 0.15) is 12.5 Å². The minimum Gasteiger partial charge on any atom is -0.475 e. The molecular weight excluding hydrogens is 315 g/mol. The van der Waals surface area contributed by atoms with Crippen LogP contribution in [0.15, 0.2) is 6.08 Å². The molecule has 2 heterocycles. The highest BCUT2D eigenvalue weighted by Crippen LogP contribution is 2.28. The maximum absolute atomic E-state index is 13.1. The van der Waals surface area contributed by atoms with E-state index in [4.69, 9.17) is 4.74 Å². The third kappa shape index (κ3) is 4.67. The largest absolute Gasteiger partial charge is 0.475 e. The quantitative estimate of drug-likeness (QED) is 0.536. The number of hydrogen-bond donors (Lipinski definition) is 0. The van der Waals surface area contributed by atoms with Crippen molar-refractivity contribution in [2.45, 2.75) is 38.5 Å². The summed E-state index contributed by atoms with van der Waals surface area (Å²) in [4.78, 5) is 1.67. The first-order valence-corrected chi connectivity index (χ1v) is 8.09. The number of hydrogen-bond acceptors (Lipinski definition) is 5. The minimum absolute atomic E-state index is 0.164. The monoisotopic (exact) mass is 335 g/mol. The molecule has 0 bridgehead atoms. The average Bonchev–Trinajstić information content (AvgIpc) is 3.00. The third-order valence-electron chi connectivity index (χ3n) is 3.60. The van der Waals surface area contributed by atoms with Crippen LogP contribution in [0.2, 0.25) is 0 Å². The normalized spacial score (nSPS) is 16.6. The maximum Gasteiger partial charge on any atom is 0.253 e. The predicted molar refractivity (Wildman–Crippen MR) is 80.0 cm³/mol. The van der Waals surface area contributed by atoms with Gasteiger partial charge >= 0.3 is 0 Å². The molecule has 0 aromatic carbocycles. The van der Waals surface area contributed by atoms with Crippen LogP contribution in [0.3, 0.4) is 0 Å². The number of alkyl halides is 3. The Morgan fingerprint density at radius 1 is 1.41 bits per heavy atom. The fraction of sp³-hybridized carbons (Fsp3) is 0.714. The number of aromatic nitrogens is 2. The summed E-state index contributed by atoms with van der Waals surface area (Å²) in [6, 6.07) is 0. The summed E-state index contributed by atoms with van der Waals surface area (Å²) in [5, 5.41) is 0. The van der Waals surface area contributed by atoms with E-state index in [0.717, 1.165) is 23.7 Å². The summed E-state index contributed by atoms with van der Waals surface area (Å²) in [7, 11) is 0. The van der Waals surface area contributed by atoms with Crippen molar-refractivity contribution in [3.63, 3.8) is 0 Å². The van der Waals surface area contributed by atoms with Crippen LogP contribution in [0.1, 0.15) is 38.3 Å². The third-order valence-corrected chi connectivity index (χ3v) is 4.12. The average molecular weight is 335 g/mol. The first-order chi connectivity index (χ1) is 10.6. The van der Waals surface area contributed by atoms with Crippen LogP contribution in [0.25, 0.3) is 5.57 Å². The van der Waals surface area contributed by atoms with Crippen molar-refractivity contribution < 1.29 is 17.9 Å². The summed E-state index contributed by atoms with van der Waals surface area (Å²) in [6.07, 6.45) is 2.64. The number of rotatable bonds is 8. The molecule has 2 rings (SSSR count). The van der Waals surface area contributed by atoms with Crippen LogP contribution in [-0.2, 0) is 0 Å². The molecule has 124 valence electrons. The summed E-state index contributed by atoms with van der Waals surface area (Å²) in [5.74, 6) is -2.28. The minimum atomic E-state index is -2.64. The van der Waals surface area contributed by atoms with E-state index in [1.54, 1.807) is 4.90 Å². The maximum atomic E-state index is 13.1. The molecule has 8 heteroatoms. The zero-order valence-corrected chi connectivity index (χ0v) is 13.3. The van der Waals surface area contributed by atoms with Crippen molar-refractivity contribution >= 4 is 17.3 Å². The SMILES string of the molecule is CCC(F)(F)CCCOc1nsnc1C1=CCCN(CF)C1. The number of ether oxygens (including phenoxy) is 1. The summed E-state index contributed by atoms with van der Waals surface area (Å²) in [6.45, 7) is 2.28. The van der Waals surface area contributed by atoms with Gasteiger partial charge in [-0.05, 0) is 18.4 Å². The smallest absolute Gasteiger partial charge is 0.253 e. The molecule has 0 saturated carbocycles. The fourth-order valence-electron chi connectivity index (χ4n) is 2.23. The Balaban J connectivity index is 1.89. The highest BCUT2D eigenvalue weighted by molar-refractivity contribution is 6.99. The van der Waals surface area contributed by atoms with Gasteiger partial charge in [0.15, 0.2) is 0 Å². The van der Waals surface area contributed by atoms with Gasteiger partial charge in [-0.2, -0.15) is 4.37 Å². The second-order valence-corrected chi connectivity index (χ2v) is 5.80. The zero-order valence-electron chi connectivity index (χ0n) is 12.5. The van der Waals surface area contributed by atoms with Crippen LogP contribution >= 0.6 is 11.7 Å². The lowest BCUT2D eigenvalue weighted by Crippen LogP contribution is -2.28. The zero-order chi connectivity index (χ0) is 16.0.